The second kappa shape index (κ2) is 74.0. The van der Waals surface area contributed by atoms with Crippen LogP contribution in [0.5, 0.6) is 0 Å². The molecule has 46 nitrogen and oxygen atoms in total. The summed E-state index contributed by atoms with van der Waals surface area (Å²) in [6, 6.07) is -3.33. The maximum absolute atomic E-state index is 14.1. The molecule has 48 heteroatoms. The van der Waals surface area contributed by atoms with Gasteiger partial charge in [-0.1, -0.05) is 60.1 Å². The van der Waals surface area contributed by atoms with Gasteiger partial charge < -0.3 is 171 Å². The summed E-state index contributed by atoms with van der Waals surface area (Å²) in [5, 5.41) is 122. The van der Waals surface area contributed by atoms with E-state index in [1.807, 2.05) is 4.90 Å². The van der Waals surface area contributed by atoms with Crippen molar-refractivity contribution >= 4 is 93.0 Å². The first-order valence-electron chi connectivity index (χ1n) is 48.3. The Labute approximate surface area is 811 Å². The smallest absolute Gasteiger partial charge is 0.407 e. The fourth-order valence-electron chi connectivity index (χ4n) is 15.7. The van der Waals surface area contributed by atoms with Crippen molar-refractivity contribution in [2.24, 2.45) is 0 Å². The van der Waals surface area contributed by atoms with Crippen molar-refractivity contribution in [3.8, 4) is 0 Å². The van der Waals surface area contributed by atoms with E-state index in [-0.39, 0.29) is 191 Å². The van der Waals surface area contributed by atoms with Gasteiger partial charge in [-0.05, 0) is 116 Å². The van der Waals surface area contributed by atoms with E-state index >= 15 is 0 Å². The quantitative estimate of drug-likeness (QED) is 0.0204. The third kappa shape index (κ3) is 53.1. The van der Waals surface area contributed by atoms with Gasteiger partial charge in [-0.3, -0.25) is 43.2 Å². The standard InChI is InChI=1S/C89H160N12O34S2/c1-60(105)97-74-80(117)77(114)65(56-102)133-83(74)127-42-19-26-68(108)90-35-12-6-9-15-38-94-86(120)130-45-23-32-89(33-24-46-131-87(121)95-39-16-10-7-13-36-91-69(109)27-20-43-128-84-75(98-61(2)106)81(118)78(115)66(57-103)134-84,34-25-47-132-88(122)96-40-17-11-8-14-37-92-70(110)28-21-44-129-85-76(99-62(3)107)82(119)79(116)67(58-104)135-85)100-72(112)31-48-125-49-50-126-51-53-137-136-52-22-29-71(111)93-41-18-30-73(113)101-55-64(124-5)54-63(101)59-123-4/h63-67,74-85,102-104,114-119H,6-59H2,1-5H3,(H,90,108)(H,91,109)(H,92,110)(H,93,111)(H,94,120)(H,95,121)(H,96,122)(H,97,105)(H,98,106)(H,99,107)(H,100,112)/t63-,64+,65?,66?,67?,74?,75?,76?,77?,78?,79?,80?,81?,82?,83?,84?,85?,89?/m1/s1. The number of alkyl carbamates (subject to hydrolysis) is 3. The van der Waals surface area contributed by atoms with Crippen LogP contribution in [-0.2, 0) is 105 Å². The summed E-state index contributed by atoms with van der Waals surface area (Å²) >= 11 is 0. The van der Waals surface area contributed by atoms with E-state index in [1.54, 1.807) is 35.8 Å². The van der Waals surface area contributed by atoms with Crippen LogP contribution in [-0.4, -0.2) is 402 Å². The highest BCUT2D eigenvalue weighted by molar-refractivity contribution is 8.76. The first kappa shape index (κ1) is 122. The van der Waals surface area contributed by atoms with E-state index in [9.17, 15) is 103 Å². The van der Waals surface area contributed by atoms with Crippen LogP contribution in [0.1, 0.15) is 213 Å². The highest BCUT2D eigenvalue weighted by atomic mass is 33.1. The number of carbonyl (C=O) groups is 12. The minimum absolute atomic E-state index is 0.0196. The maximum atomic E-state index is 14.1. The second-order valence-electron chi connectivity index (χ2n) is 34.3. The molecule has 0 aromatic rings. The number of nitrogens with one attached hydrogen (secondary N) is 11. The Balaban J connectivity index is 1.27. The van der Waals surface area contributed by atoms with Crippen molar-refractivity contribution < 1.29 is 165 Å². The number of ether oxygens (including phenoxy) is 13. The summed E-state index contributed by atoms with van der Waals surface area (Å²) in [7, 11) is 6.51. The van der Waals surface area contributed by atoms with Gasteiger partial charge in [0.2, 0.25) is 53.2 Å². The SMILES string of the molecule is COC[C@H]1C[C@H](OC)CN1C(=O)CCCNC(=O)CCCSSCCOCCOCCC(=O)NC(CCCOC(=O)NCCCCCCNC(=O)CCCOC1OC(CO)C(O)C(O)C1NC(C)=O)(CCCOC(=O)NCCCCCCNC(=O)CCCOC1OC(CO)C(O)C(O)C1NC(C)=O)CCCOC(=O)NCCCCCCNC(=O)CCCOC1OC(CO)C(O)C(O)C1NC(C)=O. The van der Waals surface area contributed by atoms with Crippen LogP contribution in [0.3, 0.4) is 0 Å². The van der Waals surface area contributed by atoms with Crippen LogP contribution < -0.4 is 58.5 Å². The molecule has 4 fully saturated rings. The van der Waals surface area contributed by atoms with E-state index in [1.165, 1.54) is 20.8 Å². The van der Waals surface area contributed by atoms with Crippen LogP contribution in [0.15, 0.2) is 0 Å². The van der Waals surface area contributed by atoms with Gasteiger partial charge in [-0.25, -0.2) is 14.4 Å². The molecule has 0 aromatic carbocycles. The number of aliphatic hydroxyl groups is 9. The molecular weight excluding hydrogens is 1850 g/mol. The summed E-state index contributed by atoms with van der Waals surface area (Å²) in [5.41, 5.74) is -1.01. The van der Waals surface area contributed by atoms with E-state index in [4.69, 9.17) is 61.6 Å². The monoisotopic (exact) mass is 2010 g/mol. The van der Waals surface area contributed by atoms with Crippen molar-refractivity contribution in [2.75, 3.05) is 171 Å². The Kier molecular flexibility index (Phi) is 66.0. The molecule has 15 unspecified atom stereocenters. The third-order valence-corrected chi connectivity index (χ3v) is 25.4. The predicted molar refractivity (Wildman–Crippen MR) is 498 cm³/mol. The molecule has 4 rings (SSSR count). The second-order valence-corrected chi connectivity index (χ2v) is 37.0. The zero-order valence-electron chi connectivity index (χ0n) is 80.5. The average molecular weight is 2010 g/mol. The van der Waals surface area contributed by atoms with Crippen molar-refractivity contribution in [1.82, 2.24) is 63.4 Å². The molecule has 4 aliphatic heterocycles. The van der Waals surface area contributed by atoms with Gasteiger partial charge >= 0.3 is 18.3 Å². The Hall–Kier alpha value is -7.02. The molecule has 0 aliphatic carbocycles. The van der Waals surface area contributed by atoms with Gasteiger partial charge in [0.1, 0.15) is 73.1 Å². The largest absolute Gasteiger partial charge is 0.450 e. The molecule has 4 saturated heterocycles. The summed E-state index contributed by atoms with van der Waals surface area (Å²) in [6.45, 7) is 6.29. The summed E-state index contributed by atoms with van der Waals surface area (Å²) < 4.78 is 73.1. The van der Waals surface area contributed by atoms with Crippen LogP contribution in [0, 0.1) is 0 Å². The number of hydrogen-bond donors (Lipinski definition) is 20. The van der Waals surface area contributed by atoms with Crippen LogP contribution in [0.4, 0.5) is 14.4 Å². The Morgan fingerprint density at radius 2 is 0.708 bits per heavy atom. The molecule has 12 amide bonds. The van der Waals surface area contributed by atoms with Crippen molar-refractivity contribution in [1.29, 1.82) is 0 Å². The topological polar surface area (TPSA) is 642 Å². The Morgan fingerprint density at radius 3 is 1.06 bits per heavy atom. The zero-order chi connectivity index (χ0) is 100. The summed E-state index contributed by atoms with van der Waals surface area (Å²) in [5.74, 6) is -1.11. The van der Waals surface area contributed by atoms with Crippen molar-refractivity contribution in [2.45, 2.75) is 323 Å². The number of nitrogens with zero attached hydrogens (tertiary/aromatic N) is 1. The number of aliphatic hydroxyl groups excluding tert-OH is 9. The fraction of sp³-hybridized carbons (Fsp3) is 0.865. The third-order valence-electron chi connectivity index (χ3n) is 23.0. The van der Waals surface area contributed by atoms with Gasteiger partial charge in [-0.2, -0.15) is 0 Å². The van der Waals surface area contributed by atoms with E-state index in [2.05, 4.69) is 58.5 Å². The fourth-order valence-corrected chi connectivity index (χ4v) is 17.6. The number of hydrogen-bond acceptors (Lipinski definition) is 36. The summed E-state index contributed by atoms with van der Waals surface area (Å²) in [6.07, 6.45) is -4.11. The lowest BCUT2D eigenvalue weighted by Gasteiger charge is -2.42. The molecule has 0 saturated carbocycles. The number of rotatable bonds is 76. The average Bonchev–Trinajstić information content (AvgIpc) is 1.36. The minimum atomic E-state index is -1.46. The molecule has 137 heavy (non-hydrogen) atoms. The predicted octanol–water partition coefficient (Wildman–Crippen LogP) is -0.645. The Bertz CT molecular complexity index is 3150. The first-order chi connectivity index (χ1) is 66.0. The summed E-state index contributed by atoms with van der Waals surface area (Å²) in [4.78, 5) is 154. The van der Waals surface area contributed by atoms with Crippen molar-refractivity contribution in [3.05, 3.63) is 0 Å². The van der Waals surface area contributed by atoms with Crippen LogP contribution in [0.2, 0.25) is 0 Å². The Morgan fingerprint density at radius 1 is 0.365 bits per heavy atom. The lowest BCUT2D eigenvalue weighted by Crippen LogP contribution is -2.64. The molecule has 792 valence electrons. The zero-order valence-corrected chi connectivity index (χ0v) is 82.1. The molecular formula is C89H160N12O34S2. The molecule has 0 radical (unpaired) electrons. The van der Waals surface area contributed by atoms with Gasteiger partial charge in [-0.15, -0.1) is 0 Å². The molecule has 20 N–H and O–H groups in total. The van der Waals surface area contributed by atoms with Crippen LogP contribution in [0.25, 0.3) is 0 Å². The highest BCUT2D eigenvalue weighted by Gasteiger charge is 2.49. The number of likely N-dealkylation sites (tertiary alicyclic amines) is 1. The first-order valence-corrected chi connectivity index (χ1v) is 50.8. The highest BCUT2D eigenvalue weighted by Crippen LogP contribution is 2.30. The molecule has 0 bridgehead atoms. The lowest BCUT2D eigenvalue weighted by atomic mass is 9.83. The number of amides is 12. The van der Waals surface area contributed by atoms with Gasteiger partial charge in [0.15, 0.2) is 18.9 Å². The van der Waals surface area contributed by atoms with Crippen LogP contribution >= 0.6 is 21.6 Å². The van der Waals surface area contributed by atoms with E-state index < -0.39 is 153 Å². The molecule has 4 aliphatic rings. The van der Waals surface area contributed by atoms with Crippen molar-refractivity contribution in [3.63, 3.8) is 0 Å². The van der Waals surface area contributed by atoms with Gasteiger partial charge in [0, 0.05) is 143 Å². The van der Waals surface area contributed by atoms with E-state index in [0.29, 0.717) is 136 Å². The maximum Gasteiger partial charge on any atom is 0.407 e. The van der Waals surface area contributed by atoms with Gasteiger partial charge in [0.05, 0.1) is 105 Å². The molecule has 17 atom stereocenters. The number of methoxy groups -OCH3 is 2. The number of carbonyl (C=O) groups excluding carboxylic acids is 12. The molecule has 0 aromatic heterocycles. The van der Waals surface area contributed by atoms with Gasteiger partial charge in [0.25, 0.3) is 0 Å². The molecule has 0 spiro atoms. The normalized spacial score (nSPS) is 23.5. The minimum Gasteiger partial charge on any atom is -0.450 e. The van der Waals surface area contributed by atoms with E-state index in [0.717, 1.165) is 50.7 Å². The molecule has 4 heterocycles. The lowest BCUT2D eigenvalue weighted by molar-refractivity contribution is -0.270. The number of unbranched alkanes of at least 4 members (excludes halogenated alkanes) is 9.